The molecular formula is C17H20N6O2S. The zero-order valence-corrected chi connectivity index (χ0v) is 15.4. The summed E-state index contributed by atoms with van der Waals surface area (Å²) in [7, 11) is 1.46. The van der Waals surface area contributed by atoms with Crippen LogP contribution in [0, 0.1) is 0 Å². The number of carbonyl (C=O) groups excluding carboxylic acids is 1. The maximum Gasteiger partial charge on any atom is 0.234 e. The van der Waals surface area contributed by atoms with E-state index in [0.717, 1.165) is 23.4 Å². The van der Waals surface area contributed by atoms with Gasteiger partial charge in [-0.05, 0) is 31.0 Å². The molecule has 0 unspecified atom stereocenters. The summed E-state index contributed by atoms with van der Waals surface area (Å²) < 4.78 is 4.95. The molecule has 2 aromatic heterocycles. The summed E-state index contributed by atoms with van der Waals surface area (Å²) in [5.41, 5.74) is 12.9. The van der Waals surface area contributed by atoms with Gasteiger partial charge in [-0.2, -0.15) is 4.98 Å². The minimum absolute atomic E-state index is 0.0530. The van der Waals surface area contributed by atoms with Gasteiger partial charge in [0, 0.05) is 18.4 Å². The molecular weight excluding hydrogens is 352 g/mol. The largest absolute Gasteiger partial charge is 0.480 e. The van der Waals surface area contributed by atoms with Gasteiger partial charge in [0.05, 0.1) is 19.0 Å². The number of pyridine rings is 1. The minimum Gasteiger partial charge on any atom is -0.480 e. The van der Waals surface area contributed by atoms with Crippen molar-refractivity contribution >= 4 is 28.5 Å². The van der Waals surface area contributed by atoms with Crippen LogP contribution >= 0.6 is 11.8 Å². The van der Waals surface area contributed by atoms with Crippen molar-refractivity contribution in [2.24, 2.45) is 10.7 Å². The molecule has 1 aliphatic rings. The number of nitrogens with zero attached hydrogens (tertiary/aromatic N) is 4. The van der Waals surface area contributed by atoms with E-state index >= 15 is 0 Å². The van der Waals surface area contributed by atoms with Gasteiger partial charge in [0.2, 0.25) is 5.88 Å². The Morgan fingerprint density at radius 1 is 1.38 bits per heavy atom. The number of aliphatic imine (C=N–C) groups is 1. The highest BCUT2D eigenvalue weighted by molar-refractivity contribution is 8.13. The molecule has 0 aromatic carbocycles. The number of anilines is 1. The highest BCUT2D eigenvalue weighted by atomic mass is 32.2. The predicted molar refractivity (Wildman–Crippen MR) is 101 cm³/mol. The van der Waals surface area contributed by atoms with Crippen molar-refractivity contribution in [1.82, 2.24) is 15.0 Å². The van der Waals surface area contributed by atoms with Crippen molar-refractivity contribution in [3.8, 4) is 5.88 Å². The van der Waals surface area contributed by atoms with E-state index in [4.69, 9.17) is 16.2 Å². The van der Waals surface area contributed by atoms with Crippen molar-refractivity contribution in [2.75, 3.05) is 18.6 Å². The van der Waals surface area contributed by atoms with E-state index in [9.17, 15) is 4.79 Å². The van der Waals surface area contributed by atoms with Gasteiger partial charge >= 0.3 is 0 Å². The smallest absolute Gasteiger partial charge is 0.234 e. The van der Waals surface area contributed by atoms with Gasteiger partial charge in [-0.1, -0.05) is 11.8 Å². The van der Waals surface area contributed by atoms with E-state index in [1.165, 1.54) is 25.1 Å². The molecule has 3 heterocycles. The molecule has 0 saturated heterocycles. The first-order valence-corrected chi connectivity index (χ1v) is 9.03. The first-order chi connectivity index (χ1) is 12.4. The molecule has 26 heavy (non-hydrogen) atoms. The number of rotatable bonds is 5. The van der Waals surface area contributed by atoms with Crippen LogP contribution in [0.1, 0.15) is 35.1 Å². The average Bonchev–Trinajstić information content (AvgIpc) is 2.61. The van der Waals surface area contributed by atoms with Gasteiger partial charge in [-0.15, -0.1) is 0 Å². The number of methoxy groups -OCH3 is 1. The third-order valence-corrected chi connectivity index (χ3v) is 4.98. The fourth-order valence-electron chi connectivity index (χ4n) is 2.72. The summed E-state index contributed by atoms with van der Waals surface area (Å²) in [6.07, 6.45) is 4.03. The number of ketones is 1. The van der Waals surface area contributed by atoms with E-state index in [-0.39, 0.29) is 29.6 Å². The van der Waals surface area contributed by atoms with E-state index < -0.39 is 5.54 Å². The Morgan fingerprint density at radius 2 is 2.19 bits per heavy atom. The second kappa shape index (κ2) is 7.28. The highest BCUT2D eigenvalue weighted by Gasteiger charge is 2.31. The number of Topliss-reactive ketones (excluding diaryl/α,β-unsaturated/α-hetero) is 1. The van der Waals surface area contributed by atoms with Crippen molar-refractivity contribution < 1.29 is 9.53 Å². The summed E-state index contributed by atoms with van der Waals surface area (Å²) in [6.45, 7) is 2.00. The van der Waals surface area contributed by atoms with Gasteiger partial charge in [0.1, 0.15) is 11.2 Å². The Balaban J connectivity index is 1.83. The molecule has 1 atom stereocenters. The van der Waals surface area contributed by atoms with Crippen LogP contribution < -0.4 is 16.2 Å². The lowest BCUT2D eigenvalue weighted by atomic mass is 9.92. The second-order valence-corrected chi connectivity index (χ2v) is 7.23. The number of amidine groups is 1. The van der Waals surface area contributed by atoms with E-state index in [1.807, 2.05) is 13.0 Å². The van der Waals surface area contributed by atoms with E-state index in [1.54, 1.807) is 12.3 Å². The van der Waals surface area contributed by atoms with Crippen molar-refractivity contribution in [2.45, 2.75) is 25.3 Å². The number of nitrogen functional groups attached to an aromatic ring is 1. The number of hydrogen-bond acceptors (Lipinski definition) is 9. The SMILES string of the molecule is COc1cnc(C(=O)Cc2ccnc([C@]3(C)CCSC(N)=N3)c2)c(N)n1. The fourth-order valence-corrected chi connectivity index (χ4v) is 3.69. The number of nitrogens with two attached hydrogens (primary N) is 2. The molecule has 0 radical (unpaired) electrons. The number of aromatic nitrogens is 3. The van der Waals surface area contributed by atoms with Gasteiger partial charge < -0.3 is 16.2 Å². The lowest BCUT2D eigenvalue weighted by Crippen LogP contribution is -2.29. The second-order valence-electron chi connectivity index (χ2n) is 6.12. The van der Waals surface area contributed by atoms with Gasteiger partial charge in [0.25, 0.3) is 0 Å². The Labute approximate surface area is 155 Å². The summed E-state index contributed by atoms with van der Waals surface area (Å²) in [5.74, 6) is 0.984. The van der Waals surface area contributed by atoms with Crippen LogP contribution in [0.15, 0.2) is 29.5 Å². The molecule has 8 nitrogen and oxygen atoms in total. The molecule has 0 saturated carbocycles. The summed E-state index contributed by atoms with van der Waals surface area (Å²) in [6, 6.07) is 3.68. The van der Waals surface area contributed by atoms with Gasteiger partial charge in [-0.25, -0.2) is 9.98 Å². The number of thioether (sulfide) groups is 1. The minimum atomic E-state index is -0.479. The van der Waals surface area contributed by atoms with Crippen molar-refractivity contribution in [3.63, 3.8) is 0 Å². The van der Waals surface area contributed by atoms with Crippen molar-refractivity contribution in [1.29, 1.82) is 0 Å². The van der Waals surface area contributed by atoms with Crippen LogP contribution in [-0.4, -0.2) is 38.8 Å². The Hall–Kier alpha value is -2.68. The molecule has 9 heteroatoms. The molecule has 4 N–H and O–H groups in total. The van der Waals surface area contributed by atoms with E-state index in [2.05, 4.69) is 19.9 Å². The molecule has 2 aromatic rings. The van der Waals surface area contributed by atoms with Crippen LogP contribution in [0.5, 0.6) is 5.88 Å². The first kappa shape index (κ1) is 18.1. The molecule has 0 spiro atoms. The Bertz CT molecular complexity index is 872. The van der Waals surface area contributed by atoms with Crippen LogP contribution in [0.3, 0.4) is 0 Å². The lowest BCUT2D eigenvalue weighted by Gasteiger charge is -2.28. The maximum absolute atomic E-state index is 12.6. The topological polar surface area (TPSA) is 129 Å². The van der Waals surface area contributed by atoms with Crippen LogP contribution in [-0.2, 0) is 12.0 Å². The third kappa shape index (κ3) is 3.77. The molecule has 1 aliphatic heterocycles. The molecule has 136 valence electrons. The predicted octanol–water partition coefficient (Wildman–Crippen LogP) is 1.55. The van der Waals surface area contributed by atoms with Crippen LogP contribution in [0.25, 0.3) is 0 Å². The standard InChI is InChI=1S/C17H20N6O2S/c1-17(4-6-26-16(19)23-17)12-8-10(3-5-20-12)7-11(24)14-15(18)22-13(25-2)9-21-14/h3,5,8-9H,4,6-7H2,1-2H3,(H2,18,22)(H2,19,23)/t17-/m0/s1. The third-order valence-electron chi connectivity index (χ3n) is 4.19. The normalized spacial score (nSPS) is 19.7. The average molecular weight is 372 g/mol. The summed E-state index contributed by atoms with van der Waals surface area (Å²) >= 11 is 1.54. The molecule has 0 aliphatic carbocycles. The molecule has 0 amide bonds. The zero-order valence-electron chi connectivity index (χ0n) is 14.6. The van der Waals surface area contributed by atoms with Crippen molar-refractivity contribution in [3.05, 3.63) is 41.5 Å². The Morgan fingerprint density at radius 3 is 2.88 bits per heavy atom. The molecule has 0 bridgehead atoms. The number of carbonyl (C=O) groups is 1. The summed E-state index contributed by atoms with van der Waals surface area (Å²) in [5, 5.41) is 0.559. The van der Waals surface area contributed by atoms with Crippen LogP contribution in [0.4, 0.5) is 5.82 Å². The molecule has 3 rings (SSSR count). The van der Waals surface area contributed by atoms with Gasteiger partial charge in [0.15, 0.2) is 16.8 Å². The lowest BCUT2D eigenvalue weighted by molar-refractivity contribution is 0.0988. The monoisotopic (exact) mass is 372 g/mol. The first-order valence-electron chi connectivity index (χ1n) is 8.04. The quantitative estimate of drug-likeness (QED) is 0.756. The van der Waals surface area contributed by atoms with Gasteiger partial charge in [-0.3, -0.25) is 9.78 Å². The highest BCUT2D eigenvalue weighted by Crippen LogP contribution is 2.34. The fraction of sp³-hybridized carbons (Fsp3) is 0.353. The maximum atomic E-state index is 12.6. The van der Waals surface area contributed by atoms with E-state index in [0.29, 0.717) is 5.17 Å². The molecule has 0 fully saturated rings. The Kier molecular flexibility index (Phi) is 5.08. The number of ether oxygens (including phenoxy) is 1. The van der Waals surface area contributed by atoms with Crippen LogP contribution in [0.2, 0.25) is 0 Å². The zero-order chi connectivity index (χ0) is 18.7. The summed E-state index contributed by atoms with van der Waals surface area (Å²) in [4.78, 5) is 29.6. The number of hydrogen-bond donors (Lipinski definition) is 2.